The van der Waals surface area contributed by atoms with E-state index < -0.39 is 0 Å². The fraction of sp³-hybridized carbons (Fsp3) is 0.304. The van der Waals surface area contributed by atoms with Crippen molar-refractivity contribution < 1.29 is 4.79 Å². The predicted molar refractivity (Wildman–Crippen MR) is 125 cm³/mol. The van der Waals surface area contributed by atoms with Gasteiger partial charge in [0.05, 0.1) is 16.8 Å². The molecule has 0 bridgehead atoms. The number of nitrogens with zero attached hydrogens (tertiary/aromatic N) is 2. The van der Waals surface area contributed by atoms with Crippen molar-refractivity contribution in [2.45, 2.75) is 26.3 Å². The molecule has 0 spiro atoms. The lowest BCUT2D eigenvalue weighted by molar-refractivity contribution is 0.0745. The number of halogens is 2. The van der Waals surface area contributed by atoms with Crippen LogP contribution in [0.4, 0.5) is 0 Å². The molecule has 29 heavy (non-hydrogen) atoms. The van der Waals surface area contributed by atoms with E-state index in [0.29, 0.717) is 0 Å². The summed E-state index contributed by atoms with van der Waals surface area (Å²) in [4.78, 5) is 20.1. The van der Waals surface area contributed by atoms with E-state index in [1.165, 1.54) is 11.1 Å². The second-order valence-electron chi connectivity index (χ2n) is 7.45. The van der Waals surface area contributed by atoms with E-state index in [2.05, 4.69) is 37.4 Å². The SMILES string of the molecule is Cc1ccc(-c2cc(C(=O)N(C)C3CCNC3)c3ccccc3n2)c(C)c1.Cl.Cl. The van der Waals surface area contributed by atoms with Gasteiger partial charge in [-0.3, -0.25) is 4.79 Å². The molecule has 154 valence electrons. The minimum absolute atomic E-state index is 0. The van der Waals surface area contributed by atoms with Crippen LogP contribution in [0.1, 0.15) is 27.9 Å². The summed E-state index contributed by atoms with van der Waals surface area (Å²) in [5, 5.41) is 4.25. The molecule has 4 rings (SSSR count). The first-order valence-electron chi connectivity index (χ1n) is 9.50. The van der Waals surface area contributed by atoms with Crippen molar-refractivity contribution in [1.82, 2.24) is 15.2 Å². The highest BCUT2D eigenvalue weighted by Crippen LogP contribution is 2.28. The molecule has 1 aliphatic heterocycles. The Balaban J connectivity index is 0.00000150. The van der Waals surface area contributed by atoms with Crippen LogP contribution in [0.3, 0.4) is 0 Å². The number of aromatic nitrogens is 1. The number of aryl methyl sites for hydroxylation is 2. The highest BCUT2D eigenvalue weighted by molar-refractivity contribution is 6.07. The van der Waals surface area contributed by atoms with Gasteiger partial charge in [-0.15, -0.1) is 24.8 Å². The molecular formula is C23H27Cl2N3O. The molecule has 4 nitrogen and oxygen atoms in total. The number of carbonyl (C=O) groups excluding carboxylic acids is 1. The Morgan fingerprint density at radius 3 is 2.55 bits per heavy atom. The van der Waals surface area contributed by atoms with E-state index in [4.69, 9.17) is 4.98 Å². The van der Waals surface area contributed by atoms with Crippen molar-refractivity contribution in [1.29, 1.82) is 0 Å². The molecule has 3 aromatic rings. The van der Waals surface area contributed by atoms with Crippen molar-refractivity contribution >= 4 is 41.6 Å². The lowest BCUT2D eigenvalue weighted by Gasteiger charge is -2.24. The van der Waals surface area contributed by atoms with Crippen LogP contribution in [0, 0.1) is 13.8 Å². The molecule has 1 atom stereocenters. The van der Waals surface area contributed by atoms with Gasteiger partial charge < -0.3 is 10.2 Å². The van der Waals surface area contributed by atoms with Gasteiger partial charge in [-0.1, -0.05) is 42.0 Å². The molecule has 0 aliphatic carbocycles. The number of amides is 1. The molecule has 1 aliphatic rings. The average Bonchev–Trinajstić information content (AvgIpc) is 3.21. The quantitative estimate of drug-likeness (QED) is 0.647. The Bertz CT molecular complexity index is 1020. The summed E-state index contributed by atoms with van der Waals surface area (Å²) < 4.78 is 0. The normalized spacial score (nSPS) is 15.5. The summed E-state index contributed by atoms with van der Waals surface area (Å²) in [6.45, 7) is 6.00. The number of pyridine rings is 1. The highest BCUT2D eigenvalue weighted by Gasteiger charge is 2.25. The molecule has 1 saturated heterocycles. The van der Waals surface area contributed by atoms with Gasteiger partial charge in [-0.25, -0.2) is 4.98 Å². The molecule has 6 heteroatoms. The van der Waals surface area contributed by atoms with E-state index in [1.54, 1.807) is 0 Å². The van der Waals surface area contributed by atoms with Crippen molar-refractivity contribution in [3.8, 4) is 11.3 Å². The molecule has 0 radical (unpaired) electrons. The summed E-state index contributed by atoms with van der Waals surface area (Å²) in [7, 11) is 1.91. The summed E-state index contributed by atoms with van der Waals surface area (Å²) in [6.07, 6.45) is 0.995. The average molecular weight is 432 g/mol. The largest absolute Gasteiger partial charge is 0.337 e. The Labute approximate surface area is 184 Å². The molecule has 1 unspecified atom stereocenters. The van der Waals surface area contributed by atoms with Crippen LogP contribution in [0.25, 0.3) is 22.2 Å². The van der Waals surface area contributed by atoms with Crippen molar-refractivity contribution in [2.24, 2.45) is 0 Å². The van der Waals surface area contributed by atoms with Crippen molar-refractivity contribution in [2.75, 3.05) is 20.1 Å². The van der Waals surface area contributed by atoms with Gasteiger partial charge in [0.25, 0.3) is 5.91 Å². The smallest absolute Gasteiger partial charge is 0.254 e. The minimum Gasteiger partial charge on any atom is -0.337 e. The van der Waals surface area contributed by atoms with Gasteiger partial charge in [0.15, 0.2) is 0 Å². The molecule has 1 aromatic heterocycles. The third-order valence-corrected chi connectivity index (χ3v) is 5.51. The lowest BCUT2D eigenvalue weighted by Crippen LogP contribution is -2.38. The lowest BCUT2D eigenvalue weighted by atomic mass is 9.99. The van der Waals surface area contributed by atoms with Crippen LogP contribution < -0.4 is 5.32 Å². The van der Waals surface area contributed by atoms with Crippen LogP contribution >= 0.6 is 24.8 Å². The molecule has 0 saturated carbocycles. The number of rotatable bonds is 3. The zero-order valence-electron chi connectivity index (χ0n) is 16.9. The van der Waals surface area contributed by atoms with Crippen molar-refractivity contribution in [3.05, 3.63) is 65.2 Å². The van der Waals surface area contributed by atoms with E-state index in [9.17, 15) is 4.79 Å². The maximum Gasteiger partial charge on any atom is 0.254 e. The number of hydrogen-bond donors (Lipinski definition) is 1. The minimum atomic E-state index is 0. The fourth-order valence-corrected chi connectivity index (χ4v) is 3.92. The van der Waals surface area contributed by atoms with Gasteiger partial charge in [-0.05, 0) is 44.5 Å². The number of para-hydroxylation sites is 1. The second kappa shape index (κ2) is 9.57. The van der Waals surface area contributed by atoms with Crippen LogP contribution in [-0.4, -0.2) is 42.0 Å². The number of fused-ring (bicyclic) bond motifs is 1. The standard InChI is InChI=1S/C23H25N3O.2ClH/c1-15-8-9-18(16(2)12-15)22-13-20(19-6-4-5-7-21(19)25-22)23(27)26(3)17-10-11-24-14-17;;/h4-9,12-13,17,24H,10-11,14H2,1-3H3;2*1H. The molecule has 2 heterocycles. The van der Waals surface area contributed by atoms with Gasteiger partial charge in [0, 0.05) is 30.6 Å². The van der Waals surface area contributed by atoms with Crippen LogP contribution in [0.15, 0.2) is 48.5 Å². The Morgan fingerprint density at radius 2 is 1.86 bits per heavy atom. The van der Waals surface area contributed by atoms with Crippen molar-refractivity contribution in [3.63, 3.8) is 0 Å². The summed E-state index contributed by atoms with van der Waals surface area (Å²) in [5.41, 5.74) is 5.91. The first-order valence-corrected chi connectivity index (χ1v) is 9.50. The van der Waals surface area contributed by atoms with Crippen LogP contribution in [0.5, 0.6) is 0 Å². The number of carbonyl (C=O) groups is 1. The molecule has 1 N–H and O–H groups in total. The monoisotopic (exact) mass is 431 g/mol. The Morgan fingerprint density at radius 1 is 1.10 bits per heavy atom. The van der Waals surface area contributed by atoms with Crippen LogP contribution in [-0.2, 0) is 0 Å². The number of benzene rings is 2. The summed E-state index contributed by atoms with van der Waals surface area (Å²) in [6, 6.07) is 16.5. The molecule has 1 amide bonds. The number of likely N-dealkylation sites (N-methyl/N-ethyl adjacent to an activating group) is 1. The predicted octanol–water partition coefficient (Wildman–Crippen LogP) is 4.80. The highest BCUT2D eigenvalue weighted by atomic mass is 35.5. The van der Waals surface area contributed by atoms with Gasteiger partial charge in [-0.2, -0.15) is 0 Å². The topological polar surface area (TPSA) is 45.2 Å². The third-order valence-electron chi connectivity index (χ3n) is 5.51. The van der Waals surface area contributed by atoms with Gasteiger partial charge in [0.1, 0.15) is 0 Å². The number of nitrogens with one attached hydrogen (secondary N) is 1. The van der Waals surface area contributed by atoms with E-state index in [0.717, 1.165) is 47.2 Å². The van der Waals surface area contributed by atoms with Gasteiger partial charge in [0.2, 0.25) is 0 Å². The maximum atomic E-state index is 13.3. The molecule has 2 aromatic carbocycles. The van der Waals surface area contributed by atoms with E-state index in [-0.39, 0.29) is 36.8 Å². The molecular weight excluding hydrogens is 405 g/mol. The summed E-state index contributed by atoms with van der Waals surface area (Å²) in [5.74, 6) is 0.0633. The zero-order chi connectivity index (χ0) is 19.0. The fourth-order valence-electron chi connectivity index (χ4n) is 3.92. The second-order valence-corrected chi connectivity index (χ2v) is 7.45. The van der Waals surface area contributed by atoms with Gasteiger partial charge >= 0.3 is 0 Å². The first kappa shape index (κ1) is 23.1. The number of hydrogen-bond acceptors (Lipinski definition) is 3. The maximum absolute atomic E-state index is 13.3. The van der Waals surface area contributed by atoms with E-state index >= 15 is 0 Å². The molecule has 1 fully saturated rings. The summed E-state index contributed by atoms with van der Waals surface area (Å²) >= 11 is 0. The van der Waals surface area contributed by atoms with E-state index in [1.807, 2.05) is 42.3 Å². The van der Waals surface area contributed by atoms with Crippen LogP contribution in [0.2, 0.25) is 0 Å². The Kier molecular flexibility index (Phi) is 7.64. The Hall–Kier alpha value is -2.14. The zero-order valence-corrected chi connectivity index (χ0v) is 18.6. The third kappa shape index (κ3) is 4.55. The first-order chi connectivity index (χ1) is 13.0.